The number of benzene rings is 3. The van der Waals surface area contributed by atoms with Crippen molar-refractivity contribution in [1.29, 1.82) is 0 Å². The number of nitrogens with one attached hydrogen (secondary N) is 2. The van der Waals surface area contributed by atoms with Gasteiger partial charge in [0.15, 0.2) is 11.4 Å². The van der Waals surface area contributed by atoms with E-state index in [1.165, 1.54) is 6.07 Å². The van der Waals surface area contributed by atoms with E-state index in [1.54, 1.807) is 30.4 Å². The molecule has 0 bridgehead atoms. The van der Waals surface area contributed by atoms with Crippen molar-refractivity contribution in [2.75, 3.05) is 0 Å². The van der Waals surface area contributed by atoms with Crippen LogP contribution in [0.25, 0.3) is 24.3 Å². The van der Waals surface area contributed by atoms with Crippen molar-refractivity contribution < 1.29 is 20.9 Å². The maximum atomic E-state index is 11.7. The van der Waals surface area contributed by atoms with E-state index in [9.17, 15) is 20.8 Å². The lowest BCUT2D eigenvalue weighted by atomic mass is 10.0. The van der Waals surface area contributed by atoms with Crippen LogP contribution in [-0.2, 0) is 0 Å². The van der Waals surface area contributed by atoms with Crippen molar-refractivity contribution in [3.05, 3.63) is 105 Å². The van der Waals surface area contributed by atoms with Gasteiger partial charge in [-0.2, -0.15) is 10.5 Å². The molecule has 0 saturated heterocycles. The molecule has 6 nitrogen and oxygen atoms in total. The Balaban J connectivity index is 2.05. The summed E-state index contributed by atoms with van der Waals surface area (Å²) >= 11 is 0. The minimum atomic E-state index is -1.17. The van der Waals surface area contributed by atoms with Gasteiger partial charge >= 0.3 is 0 Å². The van der Waals surface area contributed by atoms with Crippen molar-refractivity contribution >= 4 is 35.7 Å². The topological polar surface area (TPSA) is 95.5 Å². The maximum absolute atomic E-state index is 11.7. The second-order valence-electron chi connectivity index (χ2n) is 6.13. The van der Waals surface area contributed by atoms with Crippen LogP contribution in [0.5, 0.6) is 0 Å². The van der Waals surface area contributed by atoms with Gasteiger partial charge < -0.3 is 10.4 Å². The third kappa shape index (κ3) is 4.99. The Bertz CT molecular complexity index is 892. The molecule has 3 rings (SSSR count). The monoisotopic (exact) mass is 376 g/mol. The summed E-state index contributed by atoms with van der Waals surface area (Å²) in [7, 11) is 0. The third-order valence-electron chi connectivity index (χ3n) is 4.19. The van der Waals surface area contributed by atoms with Crippen LogP contribution >= 0.6 is 0 Å². The van der Waals surface area contributed by atoms with Crippen LogP contribution in [-0.4, -0.2) is 10.4 Å². The lowest BCUT2D eigenvalue weighted by molar-refractivity contribution is -0.996. The van der Waals surface area contributed by atoms with Gasteiger partial charge in [-0.1, -0.05) is 72.8 Å². The Kier molecular flexibility index (Phi) is 6.46. The minimum Gasteiger partial charge on any atom is -0.595 e. The zero-order chi connectivity index (χ0) is 19.9. The fraction of sp³-hybridized carbons (Fsp3) is 0. The summed E-state index contributed by atoms with van der Waals surface area (Å²) in [4.78, 5) is 0. The van der Waals surface area contributed by atoms with Crippen LogP contribution in [0.4, 0.5) is 11.4 Å². The molecular weight excluding hydrogens is 356 g/mol. The number of hydrogen-bond donors (Lipinski definition) is 4. The normalized spacial score (nSPS) is 13.9. The highest BCUT2D eigenvalue weighted by Crippen LogP contribution is 2.25. The Morgan fingerprint density at radius 1 is 0.571 bits per heavy atom. The average Bonchev–Trinajstić information content (AvgIpc) is 2.71. The van der Waals surface area contributed by atoms with E-state index in [0.29, 0.717) is 11.1 Å². The fourth-order valence-electron chi connectivity index (χ4n) is 2.78. The molecule has 3 aromatic rings. The van der Waals surface area contributed by atoms with Gasteiger partial charge in [0, 0.05) is 11.1 Å². The van der Waals surface area contributed by atoms with E-state index >= 15 is 0 Å². The van der Waals surface area contributed by atoms with Crippen LogP contribution in [0.1, 0.15) is 22.3 Å². The van der Waals surface area contributed by atoms with Gasteiger partial charge in [-0.15, -0.1) is 0 Å². The summed E-state index contributed by atoms with van der Waals surface area (Å²) in [6.45, 7) is 0. The molecule has 0 radical (unpaired) electrons. The first-order valence-electron chi connectivity index (χ1n) is 8.65. The average molecular weight is 376 g/mol. The van der Waals surface area contributed by atoms with Crippen molar-refractivity contribution in [3.8, 4) is 0 Å². The van der Waals surface area contributed by atoms with Gasteiger partial charge in [0.2, 0.25) is 0 Å². The van der Waals surface area contributed by atoms with Gasteiger partial charge in [0.1, 0.15) is 0 Å². The molecule has 0 aliphatic heterocycles. The van der Waals surface area contributed by atoms with Crippen molar-refractivity contribution in [2.24, 2.45) is 0 Å². The van der Waals surface area contributed by atoms with E-state index in [0.717, 1.165) is 11.1 Å². The number of rotatable bonds is 6. The second-order valence-corrected chi connectivity index (χ2v) is 6.13. The van der Waals surface area contributed by atoms with Gasteiger partial charge in [0.05, 0.1) is 6.07 Å². The van der Waals surface area contributed by atoms with Crippen molar-refractivity contribution in [3.63, 3.8) is 0 Å². The minimum absolute atomic E-state index is 0.0542. The van der Waals surface area contributed by atoms with E-state index in [-0.39, 0.29) is 11.4 Å². The molecule has 0 fully saturated rings. The lowest BCUT2D eigenvalue weighted by Crippen LogP contribution is -3.01. The third-order valence-corrected chi connectivity index (χ3v) is 4.19. The first-order chi connectivity index (χ1) is 13.5. The highest BCUT2D eigenvalue weighted by atomic mass is 16.8. The Morgan fingerprint density at radius 3 is 1.32 bits per heavy atom. The van der Waals surface area contributed by atoms with Crippen molar-refractivity contribution in [1.82, 2.24) is 0 Å². The molecule has 28 heavy (non-hydrogen) atoms. The van der Waals surface area contributed by atoms with Gasteiger partial charge in [-0.25, -0.2) is 10.4 Å². The highest BCUT2D eigenvalue weighted by Gasteiger charge is 2.16. The number of hydrogen-bond acceptors (Lipinski definition) is 4. The predicted molar refractivity (Wildman–Crippen MR) is 109 cm³/mol. The molecule has 2 unspecified atom stereocenters. The van der Waals surface area contributed by atoms with Crippen LogP contribution in [0, 0.1) is 10.4 Å². The first-order valence-corrected chi connectivity index (χ1v) is 8.65. The summed E-state index contributed by atoms with van der Waals surface area (Å²) in [6, 6.07) is 21.8. The van der Waals surface area contributed by atoms with Crippen LogP contribution in [0.2, 0.25) is 0 Å². The molecule has 2 atom stereocenters. The molecule has 0 heterocycles. The van der Waals surface area contributed by atoms with E-state index in [4.69, 9.17) is 0 Å². The molecule has 0 aromatic heterocycles. The largest absolute Gasteiger partial charge is 0.595 e. The SMILES string of the molecule is [O-][NH+](O)c1cc([NH+]([O-])O)c(C=Cc2ccccc2)cc1C=Cc1ccccc1. The fourth-order valence-corrected chi connectivity index (χ4v) is 2.78. The summed E-state index contributed by atoms with van der Waals surface area (Å²) < 4.78 is 0. The summed E-state index contributed by atoms with van der Waals surface area (Å²) in [5, 5.41) is 40.0. The van der Waals surface area contributed by atoms with Crippen molar-refractivity contribution in [2.45, 2.75) is 0 Å². The van der Waals surface area contributed by atoms with Gasteiger partial charge in [-0.05, 0) is 29.3 Å². The van der Waals surface area contributed by atoms with E-state index < -0.39 is 10.5 Å². The predicted octanol–water partition coefficient (Wildman–Crippen LogP) is 2.83. The Morgan fingerprint density at radius 2 is 0.964 bits per heavy atom. The molecular formula is C22H20N2O4. The quantitative estimate of drug-likeness (QED) is 0.393. The molecule has 6 heteroatoms. The zero-order valence-corrected chi connectivity index (χ0v) is 14.9. The Hall–Kier alpha value is -3.10. The van der Waals surface area contributed by atoms with E-state index in [2.05, 4.69) is 0 Å². The molecule has 3 aromatic carbocycles. The van der Waals surface area contributed by atoms with Gasteiger partial charge in [-0.3, -0.25) is 0 Å². The number of quaternary nitrogens is 2. The van der Waals surface area contributed by atoms with Crippen LogP contribution < -0.4 is 10.5 Å². The summed E-state index contributed by atoms with van der Waals surface area (Å²) in [6.07, 6.45) is 6.97. The molecule has 142 valence electrons. The highest BCUT2D eigenvalue weighted by molar-refractivity contribution is 5.81. The van der Waals surface area contributed by atoms with Crippen LogP contribution in [0.15, 0.2) is 72.8 Å². The standard InChI is InChI=1S/C22H20N2O4/c25-23(26)21-16-22(24(27)28)20(14-12-18-9-5-2-6-10-18)15-19(21)13-11-17-7-3-1-4-8-17/h1-16,23-25,27H. The molecule has 0 aliphatic carbocycles. The van der Waals surface area contributed by atoms with E-state index in [1.807, 2.05) is 60.7 Å². The van der Waals surface area contributed by atoms with Gasteiger partial charge in [0.25, 0.3) is 0 Å². The Labute approximate surface area is 162 Å². The summed E-state index contributed by atoms with van der Waals surface area (Å²) in [5.74, 6) is 0. The molecule has 0 saturated carbocycles. The zero-order valence-electron chi connectivity index (χ0n) is 14.9. The maximum Gasteiger partial charge on any atom is 0.177 e. The first kappa shape index (κ1) is 19.7. The summed E-state index contributed by atoms with van der Waals surface area (Å²) in [5.41, 5.74) is 2.61. The second kappa shape index (κ2) is 9.20. The smallest absolute Gasteiger partial charge is 0.177 e. The molecule has 0 spiro atoms. The molecule has 4 N–H and O–H groups in total. The lowest BCUT2D eigenvalue weighted by Gasteiger charge is -2.19. The van der Waals surface area contributed by atoms with Crippen LogP contribution in [0.3, 0.4) is 0 Å². The molecule has 0 aliphatic rings. The molecule has 0 amide bonds.